The maximum absolute atomic E-state index is 13.6. The quantitative estimate of drug-likeness (QED) is 0.735. The molecule has 3 unspecified atom stereocenters. The molecule has 31 heavy (non-hydrogen) atoms. The van der Waals surface area contributed by atoms with Crippen molar-refractivity contribution in [2.45, 2.75) is 63.9 Å². The molecule has 5 atom stereocenters. The first-order chi connectivity index (χ1) is 14.8. The second kappa shape index (κ2) is 7.69. The number of pyridine rings is 1. The van der Waals surface area contributed by atoms with Gasteiger partial charge in [0.1, 0.15) is 6.17 Å². The molecule has 168 valence electrons. The number of anilines is 1. The molecule has 0 radical (unpaired) electrons. The zero-order chi connectivity index (χ0) is 21.9. The second-order valence-electron chi connectivity index (χ2n) is 9.34. The Kier molecular flexibility index (Phi) is 5.11. The molecule has 3 aliphatic rings. The van der Waals surface area contributed by atoms with Crippen LogP contribution in [0.5, 0.6) is 5.75 Å². The van der Waals surface area contributed by atoms with Crippen LogP contribution >= 0.6 is 0 Å². The number of nitrogen functional groups attached to an aromatic ring is 1. The van der Waals surface area contributed by atoms with Crippen molar-refractivity contribution in [1.29, 1.82) is 0 Å². The standard InChI is InChI=1S/C22H28F3N5O/c1-11(2)30-18(20-15-6-14(7-16(15)20)29-4-3-13(23)10-29)8-17(28-30)12-5-19(31-22(24)25)21(26)27-9-12/h5,8-9,11,13-16,20,22H,3-4,6-7,10H2,1-2H3,(H2,26,27)/t13?,14?,15-,16+,20?. The maximum Gasteiger partial charge on any atom is 0.387 e. The van der Waals surface area contributed by atoms with Gasteiger partial charge in [-0.05, 0) is 57.1 Å². The lowest BCUT2D eigenvalue weighted by Gasteiger charge is -2.25. The van der Waals surface area contributed by atoms with E-state index in [2.05, 4.69) is 28.5 Å². The van der Waals surface area contributed by atoms with E-state index < -0.39 is 12.8 Å². The van der Waals surface area contributed by atoms with E-state index >= 15 is 0 Å². The van der Waals surface area contributed by atoms with Crippen LogP contribution in [-0.4, -0.2) is 51.6 Å². The minimum absolute atomic E-state index is 0.0761. The van der Waals surface area contributed by atoms with Gasteiger partial charge in [-0.3, -0.25) is 9.58 Å². The van der Waals surface area contributed by atoms with Gasteiger partial charge in [0.15, 0.2) is 11.6 Å². The minimum atomic E-state index is -2.97. The molecule has 2 aliphatic carbocycles. The topological polar surface area (TPSA) is 69.2 Å². The van der Waals surface area contributed by atoms with E-state index in [1.54, 1.807) is 0 Å². The zero-order valence-electron chi connectivity index (χ0n) is 17.7. The van der Waals surface area contributed by atoms with Gasteiger partial charge in [-0.25, -0.2) is 9.37 Å². The van der Waals surface area contributed by atoms with Crippen molar-refractivity contribution in [3.63, 3.8) is 0 Å². The molecule has 1 saturated heterocycles. The van der Waals surface area contributed by atoms with Crippen LogP contribution in [0.3, 0.4) is 0 Å². The van der Waals surface area contributed by atoms with Crippen LogP contribution in [-0.2, 0) is 0 Å². The van der Waals surface area contributed by atoms with Gasteiger partial charge in [0.25, 0.3) is 0 Å². The number of aromatic nitrogens is 3. The predicted octanol–water partition coefficient (Wildman–Crippen LogP) is 4.25. The minimum Gasteiger partial charge on any atom is -0.431 e. The third kappa shape index (κ3) is 3.77. The summed E-state index contributed by atoms with van der Waals surface area (Å²) >= 11 is 0. The van der Waals surface area contributed by atoms with Crippen LogP contribution in [0.1, 0.15) is 50.8 Å². The van der Waals surface area contributed by atoms with E-state index in [4.69, 9.17) is 10.8 Å². The fourth-order valence-electron chi connectivity index (χ4n) is 5.62. The normalized spacial score (nSPS) is 30.4. The second-order valence-corrected chi connectivity index (χ2v) is 9.34. The third-order valence-corrected chi connectivity index (χ3v) is 7.09. The highest BCUT2D eigenvalue weighted by Crippen LogP contribution is 2.64. The smallest absolute Gasteiger partial charge is 0.387 e. The Balaban J connectivity index is 1.36. The molecule has 3 heterocycles. The number of nitrogens with two attached hydrogens (primary N) is 1. The first-order valence-corrected chi connectivity index (χ1v) is 11.0. The summed E-state index contributed by atoms with van der Waals surface area (Å²) in [5.74, 6) is 1.44. The number of likely N-dealkylation sites (tertiary alicyclic amines) is 1. The molecular weight excluding hydrogens is 407 g/mol. The van der Waals surface area contributed by atoms with Crippen LogP contribution in [0.2, 0.25) is 0 Å². The molecule has 2 aromatic heterocycles. The zero-order valence-corrected chi connectivity index (χ0v) is 17.7. The van der Waals surface area contributed by atoms with Crippen LogP contribution in [0.15, 0.2) is 18.3 Å². The lowest BCUT2D eigenvalue weighted by molar-refractivity contribution is -0.0494. The van der Waals surface area contributed by atoms with Crippen molar-refractivity contribution in [1.82, 2.24) is 19.7 Å². The molecule has 0 spiro atoms. The Labute approximate surface area is 179 Å². The maximum atomic E-state index is 13.6. The molecule has 5 rings (SSSR count). The monoisotopic (exact) mass is 435 g/mol. The van der Waals surface area contributed by atoms with Crippen molar-refractivity contribution in [2.75, 3.05) is 18.8 Å². The van der Waals surface area contributed by atoms with E-state index in [1.165, 1.54) is 18.0 Å². The fraction of sp³-hybridized carbons (Fsp3) is 0.636. The Morgan fingerprint density at radius 2 is 1.94 bits per heavy atom. The highest BCUT2D eigenvalue weighted by Gasteiger charge is 2.59. The summed E-state index contributed by atoms with van der Waals surface area (Å²) in [6.07, 6.45) is 3.73. The number of hydrogen-bond donors (Lipinski definition) is 1. The molecule has 6 nitrogen and oxygen atoms in total. The van der Waals surface area contributed by atoms with E-state index in [0.29, 0.717) is 48.0 Å². The SMILES string of the molecule is CC(C)n1nc(-c2cnc(N)c(OC(F)F)c2)cc1C1[C@H]2CC(N3CCC(F)C3)C[C@@H]12. The molecule has 1 aliphatic heterocycles. The van der Waals surface area contributed by atoms with Gasteiger partial charge in [0.2, 0.25) is 0 Å². The number of hydrogen-bond acceptors (Lipinski definition) is 5. The summed E-state index contributed by atoms with van der Waals surface area (Å²) in [5, 5.41) is 4.76. The molecule has 0 amide bonds. The molecule has 0 bridgehead atoms. The van der Waals surface area contributed by atoms with Crippen molar-refractivity contribution in [3.8, 4) is 17.0 Å². The lowest BCUT2D eigenvalue weighted by Crippen LogP contribution is -2.33. The Morgan fingerprint density at radius 1 is 1.19 bits per heavy atom. The summed E-state index contributed by atoms with van der Waals surface area (Å²) in [6, 6.07) is 4.18. The molecule has 0 aromatic carbocycles. The van der Waals surface area contributed by atoms with Gasteiger partial charge < -0.3 is 10.5 Å². The number of alkyl halides is 3. The highest BCUT2D eigenvalue weighted by atomic mass is 19.3. The third-order valence-electron chi connectivity index (χ3n) is 7.09. The lowest BCUT2D eigenvalue weighted by atomic mass is 10.0. The van der Waals surface area contributed by atoms with Crippen molar-refractivity contribution < 1.29 is 17.9 Å². The van der Waals surface area contributed by atoms with E-state index in [1.807, 2.05) is 10.7 Å². The average Bonchev–Trinajstić information content (AvgIpc) is 3.16. The number of nitrogens with zero attached hydrogens (tertiary/aromatic N) is 4. The van der Waals surface area contributed by atoms with Gasteiger partial charge in [-0.1, -0.05) is 0 Å². The molecule has 2 N–H and O–H groups in total. The molecule has 3 fully saturated rings. The largest absolute Gasteiger partial charge is 0.431 e. The van der Waals surface area contributed by atoms with Gasteiger partial charge in [-0.2, -0.15) is 13.9 Å². The van der Waals surface area contributed by atoms with Crippen LogP contribution < -0.4 is 10.5 Å². The van der Waals surface area contributed by atoms with Gasteiger partial charge >= 0.3 is 6.61 Å². The first kappa shape index (κ1) is 20.6. The van der Waals surface area contributed by atoms with Crippen LogP contribution in [0.4, 0.5) is 19.0 Å². The van der Waals surface area contributed by atoms with Crippen LogP contribution in [0.25, 0.3) is 11.3 Å². The highest BCUT2D eigenvalue weighted by molar-refractivity contribution is 5.64. The van der Waals surface area contributed by atoms with E-state index in [0.717, 1.165) is 19.4 Å². The summed E-state index contributed by atoms with van der Waals surface area (Å²) in [7, 11) is 0. The molecule has 9 heteroatoms. The predicted molar refractivity (Wildman–Crippen MR) is 111 cm³/mol. The number of fused-ring (bicyclic) bond motifs is 1. The van der Waals surface area contributed by atoms with Gasteiger partial charge in [0, 0.05) is 48.5 Å². The fourth-order valence-corrected chi connectivity index (χ4v) is 5.62. The Bertz CT molecular complexity index is 953. The Morgan fingerprint density at radius 3 is 2.55 bits per heavy atom. The van der Waals surface area contributed by atoms with Crippen LogP contribution in [0, 0.1) is 11.8 Å². The summed E-state index contributed by atoms with van der Waals surface area (Å²) < 4.78 is 45.5. The number of ether oxygens (including phenoxy) is 1. The molecule has 2 saturated carbocycles. The number of rotatable bonds is 6. The van der Waals surface area contributed by atoms with Crippen molar-refractivity contribution in [2.24, 2.45) is 11.8 Å². The van der Waals surface area contributed by atoms with E-state index in [-0.39, 0.29) is 17.6 Å². The molecular formula is C22H28F3N5O. The number of halogens is 3. The summed E-state index contributed by atoms with van der Waals surface area (Å²) in [4.78, 5) is 6.33. The molecule has 2 aromatic rings. The van der Waals surface area contributed by atoms with Gasteiger partial charge in [-0.15, -0.1) is 0 Å². The summed E-state index contributed by atoms with van der Waals surface area (Å²) in [5.41, 5.74) is 8.12. The van der Waals surface area contributed by atoms with Crippen molar-refractivity contribution in [3.05, 3.63) is 24.0 Å². The summed E-state index contributed by atoms with van der Waals surface area (Å²) in [6.45, 7) is 2.65. The average molecular weight is 435 g/mol. The van der Waals surface area contributed by atoms with Gasteiger partial charge in [0.05, 0.1) is 5.69 Å². The van der Waals surface area contributed by atoms with E-state index in [9.17, 15) is 13.2 Å². The first-order valence-electron chi connectivity index (χ1n) is 11.0. The van der Waals surface area contributed by atoms with Crippen molar-refractivity contribution >= 4 is 5.82 Å². The Hall–Kier alpha value is -2.29.